The molecular formula is C15H24BrNO3S. The molecule has 0 spiro atoms. The second-order valence-electron chi connectivity index (χ2n) is 5.26. The van der Waals surface area contributed by atoms with E-state index in [1.807, 2.05) is 25.1 Å². The quantitative estimate of drug-likeness (QED) is 0.717. The van der Waals surface area contributed by atoms with Crippen molar-refractivity contribution in [1.82, 2.24) is 5.32 Å². The Balaban J connectivity index is 2.69. The first-order valence-corrected chi connectivity index (χ1v) is 9.81. The van der Waals surface area contributed by atoms with E-state index in [-0.39, 0.29) is 18.1 Å². The van der Waals surface area contributed by atoms with Crippen molar-refractivity contribution in [1.29, 1.82) is 0 Å². The minimum atomic E-state index is -3.01. The molecule has 6 heteroatoms. The van der Waals surface area contributed by atoms with Gasteiger partial charge in [0.2, 0.25) is 0 Å². The van der Waals surface area contributed by atoms with Crippen LogP contribution in [0.2, 0.25) is 0 Å². The first-order chi connectivity index (χ1) is 9.85. The lowest BCUT2D eigenvalue weighted by Crippen LogP contribution is -2.22. The molecule has 0 radical (unpaired) electrons. The zero-order valence-electron chi connectivity index (χ0n) is 12.9. The highest BCUT2D eigenvalue weighted by Gasteiger charge is 2.12. The molecule has 0 aliphatic carbocycles. The molecule has 0 amide bonds. The first kappa shape index (κ1) is 18.5. The van der Waals surface area contributed by atoms with Crippen LogP contribution in [-0.2, 0) is 16.4 Å². The van der Waals surface area contributed by atoms with Crippen LogP contribution in [-0.4, -0.2) is 32.6 Å². The van der Waals surface area contributed by atoms with Crippen LogP contribution in [0, 0.1) is 0 Å². The number of para-hydroxylation sites is 1. The molecule has 1 aromatic carbocycles. The van der Waals surface area contributed by atoms with Crippen LogP contribution in [0.1, 0.15) is 32.8 Å². The molecule has 4 nitrogen and oxygen atoms in total. The summed E-state index contributed by atoms with van der Waals surface area (Å²) in [6.07, 6.45) is 0.640. The minimum Gasteiger partial charge on any atom is -0.491 e. The van der Waals surface area contributed by atoms with E-state index in [9.17, 15) is 8.42 Å². The number of rotatable bonds is 9. The van der Waals surface area contributed by atoms with E-state index in [0.717, 1.165) is 15.8 Å². The Bertz CT molecular complexity index is 544. The number of hydrogen-bond donors (Lipinski definition) is 1. The van der Waals surface area contributed by atoms with E-state index in [0.29, 0.717) is 19.0 Å². The number of nitrogens with one attached hydrogen (secondary N) is 1. The molecule has 1 aromatic rings. The molecule has 1 rings (SSSR count). The molecule has 0 saturated heterocycles. The maximum atomic E-state index is 11.7. The van der Waals surface area contributed by atoms with Crippen LogP contribution in [0.3, 0.4) is 0 Å². The largest absolute Gasteiger partial charge is 0.491 e. The Kier molecular flexibility index (Phi) is 7.70. The van der Waals surface area contributed by atoms with E-state index in [4.69, 9.17) is 4.74 Å². The molecule has 1 N–H and O–H groups in total. The lowest BCUT2D eigenvalue weighted by molar-refractivity contribution is 0.333. The summed E-state index contributed by atoms with van der Waals surface area (Å²) < 4.78 is 30.0. The van der Waals surface area contributed by atoms with Crippen molar-refractivity contribution >= 4 is 25.8 Å². The van der Waals surface area contributed by atoms with Crippen LogP contribution in [0.25, 0.3) is 0 Å². The fraction of sp³-hybridized carbons (Fsp3) is 0.600. The molecule has 0 unspecified atom stereocenters. The molecule has 0 heterocycles. The standard InChI is InChI=1S/C15H24BrNO3S/c1-4-9-21(18,19)10-8-20-15-13(11-17-12(2)3)6-5-7-14(15)16/h5-7,12,17H,4,8-11H2,1-3H3. The summed E-state index contributed by atoms with van der Waals surface area (Å²) >= 11 is 3.46. The van der Waals surface area contributed by atoms with E-state index in [1.54, 1.807) is 0 Å². The average Bonchev–Trinajstić information content (AvgIpc) is 2.38. The zero-order chi connectivity index (χ0) is 15.9. The van der Waals surface area contributed by atoms with Crippen molar-refractivity contribution in [2.75, 3.05) is 18.1 Å². The van der Waals surface area contributed by atoms with Gasteiger partial charge in [-0.15, -0.1) is 0 Å². The molecule has 0 atom stereocenters. The first-order valence-electron chi connectivity index (χ1n) is 7.19. The third-order valence-corrected chi connectivity index (χ3v) is 5.35. The summed E-state index contributed by atoms with van der Waals surface area (Å²) in [5.74, 6) is 0.991. The van der Waals surface area contributed by atoms with E-state index >= 15 is 0 Å². The van der Waals surface area contributed by atoms with Crippen LogP contribution >= 0.6 is 15.9 Å². The van der Waals surface area contributed by atoms with Crippen molar-refractivity contribution in [2.24, 2.45) is 0 Å². The van der Waals surface area contributed by atoms with Crippen LogP contribution in [0.15, 0.2) is 22.7 Å². The van der Waals surface area contributed by atoms with Gasteiger partial charge in [0.15, 0.2) is 9.84 Å². The molecule has 0 aliphatic rings. The zero-order valence-corrected chi connectivity index (χ0v) is 15.3. The van der Waals surface area contributed by atoms with Gasteiger partial charge in [-0.25, -0.2) is 8.42 Å². The molecule has 120 valence electrons. The molecule has 0 aliphatic heterocycles. The van der Waals surface area contributed by atoms with Gasteiger partial charge in [0.1, 0.15) is 12.4 Å². The van der Waals surface area contributed by atoms with E-state index < -0.39 is 9.84 Å². The Hall–Kier alpha value is -0.590. The van der Waals surface area contributed by atoms with Gasteiger partial charge in [0, 0.05) is 18.2 Å². The minimum absolute atomic E-state index is 0.0548. The van der Waals surface area contributed by atoms with Crippen molar-refractivity contribution in [3.05, 3.63) is 28.2 Å². The third kappa shape index (κ3) is 6.80. The lowest BCUT2D eigenvalue weighted by Gasteiger charge is -2.15. The summed E-state index contributed by atoms with van der Waals surface area (Å²) in [7, 11) is -3.01. The lowest BCUT2D eigenvalue weighted by atomic mass is 10.2. The van der Waals surface area contributed by atoms with Crippen LogP contribution in [0.5, 0.6) is 5.75 Å². The molecule has 0 fully saturated rings. The predicted molar refractivity (Wildman–Crippen MR) is 90.6 cm³/mol. The Morgan fingerprint density at radius 3 is 2.62 bits per heavy atom. The van der Waals surface area contributed by atoms with Crippen molar-refractivity contribution < 1.29 is 13.2 Å². The number of hydrogen-bond acceptors (Lipinski definition) is 4. The fourth-order valence-electron chi connectivity index (χ4n) is 1.85. The highest BCUT2D eigenvalue weighted by molar-refractivity contribution is 9.10. The molecular weight excluding hydrogens is 354 g/mol. The molecule has 0 saturated carbocycles. The summed E-state index contributed by atoms with van der Waals surface area (Å²) in [5, 5.41) is 3.34. The summed E-state index contributed by atoms with van der Waals surface area (Å²) in [4.78, 5) is 0. The highest BCUT2D eigenvalue weighted by Crippen LogP contribution is 2.29. The van der Waals surface area contributed by atoms with Crippen LogP contribution in [0.4, 0.5) is 0 Å². The molecule has 21 heavy (non-hydrogen) atoms. The van der Waals surface area contributed by atoms with Gasteiger partial charge in [-0.1, -0.05) is 32.9 Å². The molecule has 0 aromatic heterocycles. The summed E-state index contributed by atoms with van der Waals surface area (Å²) in [6.45, 7) is 6.89. The monoisotopic (exact) mass is 377 g/mol. The maximum Gasteiger partial charge on any atom is 0.153 e. The number of ether oxygens (including phenoxy) is 1. The summed E-state index contributed by atoms with van der Waals surface area (Å²) in [6, 6.07) is 6.20. The normalized spacial score (nSPS) is 11.9. The number of sulfone groups is 1. The Labute approximate surface area is 136 Å². The average molecular weight is 378 g/mol. The predicted octanol–water partition coefficient (Wildman–Crippen LogP) is 3.15. The fourth-order valence-corrected chi connectivity index (χ4v) is 3.54. The van der Waals surface area contributed by atoms with Gasteiger partial charge < -0.3 is 10.1 Å². The molecule has 0 bridgehead atoms. The van der Waals surface area contributed by atoms with Crippen molar-refractivity contribution in [2.45, 2.75) is 39.8 Å². The number of halogens is 1. The smallest absolute Gasteiger partial charge is 0.153 e. The SMILES string of the molecule is CCCS(=O)(=O)CCOc1c(Br)cccc1CNC(C)C. The maximum absolute atomic E-state index is 11.7. The van der Waals surface area contributed by atoms with Gasteiger partial charge in [0.25, 0.3) is 0 Å². The second kappa shape index (κ2) is 8.76. The van der Waals surface area contributed by atoms with Gasteiger partial charge in [-0.05, 0) is 28.4 Å². The topological polar surface area (TPSA) is 55.4 Å². The van der Waals surface area contributed by atoms with Crippen molar-refractivity contribution in [3.8, 4) is 5.75 Å². The van der Waals surface area contributed by atoms with Gasteiger partial charge in [-0.2, -0.15) is 0 Å². The van der Waals surface area contributed by atoms with Gasteiger partial charge in [-0.3, -0.25) is 0 Å². The highest BCUT2D eigenvalue weighted by atomic mass is 79.9. The second-order valence-corrected chi connectivity index (χ2v) is 8.42. The Morgan fingerprint density at radius 1 is 1.29 bits per heavy atom. The Morgan fingerprint density at radius 2 is 2.00 bits per heavy atom. The summed E-state index contributed by atoms with van der Waals surface area (Å²) in [5.41, 5.74) is 1.02. The number of benzene rings is 1. The van der Waals surface area contributed by atoms with Crippen molar-refractivity contribution in [3.63, 3.8) is 0 Å². The third-order valence-electron chi connectivity index (χ3n) is 2.91. The van der Waals surface area contributed by atoms with Crippen LogP contribution < -0.4 is 10.1 Å². The van der Waals surface area contributed by atoms with Gasteiger partial charge in [0.05, 0.1) is 16.0 Å². The van der Waals surface area contributed by atoms with Gasteiger partial charge >= 0.3 is 0 Å². The van der Waals surface area contributed by atoms with E-state index in [1.165, 1.54) is 0 Å². The van der Waals surface area contributed by atoms with E-state index in [2.05, 4.69) is 35.1 Å².